The van der Waals surface area contributed by atoms with Gasteiger partial charge < -0.3 is 5.32 Å². The number of hydrogen-bond acceptors (Lipinski definition) is 3. The predicted molar refractivity (Wildman–Crippen MR) is 77.5 cm³/mol. The van der Waals surface area contributed by atoms with Crippen molar-refractivity contribution in [3.8, 4) is 0 Å². The van der Waals surface area contributed by atoms with Crippen LogP contribution in [0.3, 0.4) is 0 Å². The fraction of sp³-hybridized carbons (Fsp3) is 0.267. The minimum absolute atomic E-state index is 0.142. The first kappa shape index (κ1) is 13.4. The average molecular weight is 284 g/mol. The van der Waals surface area contributed by atoms with Gasteiger partial charge in [-0.1, -0.05) is 30.3 Å². The molecule has 21 heavy (non-hydrogen) atoms. The number of anilines is 1. The lowest BCUT2D eigenvalue weighted by Crippen LogP contribution is -2.58. The van der Waals surface area contributed by atoms with Crippen molar-refractivity contribution >= 4 is 17.5 Å². The van der Waals surface area contributed by atoms with E-state index >= 15 is 0 Å². The van der Waals surface area contributed by atoms with Crippen LogP contribution >= 0.6 is 0 Å². The molecule has 0 radical (unpaired) electrons. The van der Waals surface area contributed by atoms with E-state index in [1.165, 1.54) is 4.90 Å². The standard InChI is InChI=1S/C15H16N4O2/c1-10-15(21)19(12-8-16-18(2)9-12)13(14(20)17-10)11-6-4-3-5-7-11/h3-10,13H,1-2H3,(H,17,20). The van der Waals surface area contributed by atoms with Crippen molar-refractivity contribution in [2.75, 3.05) is 4.90 Å². The van der Waals surface area contributed by atoms with Crippen LogP contribution in [-0.2, 0) is 16.6 Å². The molecule has 1 aliphatic rings. The molecule has 2 unspecified atom stereocenters. The molecule has 0 bridgehead atoms. The minimum Gasteiger partial charge on any atom is -0.342 e. The van der Waals surface area contributed by atoms with Crippen molar-refractivity contribution in [1.29, 1.82) is 0 Å². The Balaban J connectivity index is 2.09. The molecule has 2 atom stereocenters. The third kappa shape index (κ3) is 2.29. The van der Waals surface area contributed by atoms with Gasteiger partial charge in [-0.2, -0.15) is 5.10 Å². The number of nitrogens with one attached hydrogen (secondary N) is 1. The highest BCUT2D eigenvalue weighted by Gasteiger charge is 2.40. The smallest absolute Gasteiger partial charge is 0.250 e. The van der Waals surface area contributed by atoms with Crippen LogP contribution in [0.15, 0.2) is 42.7 Å². The van der Waals surface area contributed by atoms with Crippen LogP contribution in [0.25, 0.3) is 0 Å². The van der Waals surface area contributed by atoms with Gasteiger partial charge in [0, 0.05) is 13.2 Å². The zero-order valence-electron chi connectivity index (χ0n) is 11.9. The number of carbonyl (C=O) groups is 2. The number of carbonyl (C=O) groups excluding carboxylic acids is 2. The van der Waals surface area contributed by atoms with Crippen molar-refractivity contribution < 1.29 is 9.59 Å². The second-order valence-electron chi connectivity index (χ2n) is 5.12. The fourth-order valence-electron chi connectivity index (χ4n) is 2.55. The topological polar surface area (TPSA) is 67.2 Å². The van der Waals surface area contributed by atoms with Crippen LogP contribution in [-0.4, -0.2) is 27.6 Å². The Morgan fingerprint density at radius 2 is 1.90 bits per heavy atom. The minimum atomic E-state index is -0.668. The normalized spacial score (nSPS) is 22.3. The predicted octanol–water partition coefficient (Wildman–Crippen LogP) is 1.01. The van der Waals surface area contributed by atoms with E-state index in [4.69, 9.17) is 0 Å². The van der Waals surface area contributed by atoms with Gasteiger partial charge in [-0.3, -0.25) is 19.2 Å². The van der Waals surface area contributed by atoms with Gasteiger partial charge in [0.25, 0.3) is 0 Å². The van der Waals surface area contributed by atoms with Gasteiger partial charge in [0.1, 0.15) is 12.1 Å². The third-order valence-corrected chi connectivity index (χ3v) is 3.56. The van der Waals surface area contributed by atoms with E-state index < -0.39 is 12.1 Å². The molecule has 2 aromatic rings. The second kappa shape index (κ2) is 5.05. The molecule has 108 valence electrons. The number of amides is 2. The summed E-state index contributed by atoms with van der Waals surface area (Å²) in [4.78, 5) is 26.5. The van der Waals surface area contributed by atoms with Crippen molar-refractivity contribution in [1.82, 2.24) is 15.1 Å². The molecular formula is C15H16N4O2. The maximum absolute atomic E-state index is 12.5. The lowest BCUT2D eigenvalue weighted by Gasteiger charge is -2.37. The van der Waals surface area contributed by atoms with Gasteiger partial charge in [0.2, 0.25) is 11.8 Å². The summed E-state index contributed by atoms with van der Waals surface area (Å²) in [6, 6.07) is 8.06. The first-order valence-corrected chi connectivity index (χ1v) is 6.75. The van der Waals surface area contributed by atoms with E-state index in [0.29, 0.717) is 5.69 Å². The highest BCUT2D eigenvalue weighted by atomic mass is 16.2. The van der Waals surface area contributed by atoms with Crippen LogP contribution in [0, 0.1) is 0 Å². The van der Waals surface area contributed by atoms with Crippen LogP contribution < -0.4 is 10.2 Å². The first-order valence-electron chi connectivity index (χ1n) is 6.75. The average Bonchev–Trinajstić information content (AvgIpc) is 2.89. The number of rotatable bonds is 2. The van der Waals surface area contributed by atoms with Gasteiger partial charge in [0.05, 0.1) is 11.9 Å². The zero-order chi connectivity index (χ0) is 15.0. The lowest BCUT2D eigenvalue weighted by molar-refractivity contribution is -0.133. The number of piperazine rings is 1. The maximum Gasteiger partial charge on any atom is 0.250 e. The summed E-state index contributed by atoms with van der Waals surface area (Å²) < 4.78 is 1.61. The van der Waals surface area contributed by atoms with Crippen LogP contribution in [0.5, 0.6) is 0 Å². The molecule has 1 aromatic heterocycles. The number of aromatic nitrogens is 2. The summed E-state index contributed by atoms with van der Waals surface area (Å²) in [6.07, 6.45) is 3.33. The summed E-state index contributed by atoms with van der Waals surface area (Å²) in [5, 5.41) is 6.82. The first-order chi connectivity index (χ1) is 10.1. The fourth-order valence-corrected chi connectivity index (χ4v) is 2.55. The third-order valence-electron chi connectivity index (χ3n) is 3.56. The molecule has 2 heterocycles. The molecule has 1 aromatic carbocycles. The lowest BCUT2D eigenvalue weighted by atomic mass is 9.99. The van der Waals surface area contributed by atoms with E-state index in [1.807, 2.05) is 30.3 Å². The molecule has 1 saturated heterocycles. The van der Waals surface area contributed by atoms with Gasteiger partial charge in [-0.15, -0.1) is 0 Å². The Kier molecular flexibility index (Phi) is 3.21. The number of nitrogens with zero attached hydrogens (tertiary/aromatic N) is 3. The molecule has 0 saturated carbocycles. The number of aryl methyl sites for hydroxylation is 1. The quantitative estimate of drug-likeness (QED) is 0.895. The highest BCUT2D eigenvalue weighted by Crippen LogP contribution is 2.30. The van der Waals surface area contributed by atoms with E-state index in [2.05, 4.69) is 10.4 Å². The summed E-state index contributed by atoms with van der Waals surface area (Å²) in [6.45, 7) is 1.69. The monoisotopic (exact) mass is 284 g/mol. The molecule has 1 aliphatic heterocycles. The summed E-state index contributed by atoms with van der Waals surface area (Å²) in [5.41, 5.74) is 1.40. The summed E-state index contributed by atoms with van der Waals surface area (Å²) in [5.74, 6) is -0.325. The Labute approximate surface area is 122 Å². The number of benzene rings is 1. The van der Waals surface area contributed by atoms with Crippen molar-refractivity contribution in [2.24, 2.45) is 7.05 Å². The van der Waals surface area contributed by atoms with Gasteiger partial charge >= 0.3 is 0 Å². The number of hydrogen-bond donors (Lipinski definition) is 1. The molecule has 3 rings (SSSR count). The van der Waals surface area contributed by atoms with E-state index in [1.54, 1.807) is 31.0 Å². The van der Waals surface area contributed by atoms with Gasteiger partial charge in [-0.05, 0) is 12.5 Å². The van der Waals surface area contributed by atoms with E-state index in [9.17, 15) is 9.59 Å². The largest absolute Gasteiger partial charge is 0.342 e. The van der Waals surface area contributed by atoms with Crippen molar-refractivity contribution in [3.63, 3.8) is 0 Å². The van der Waals surface area contributed by atoms with Crippen molar-refractivity contribution in [3.05, 3.63) is 48.3 Å². The summed E-state index contributed by atoms with van der Waals surface area (Å²) >= 11 is 0. The van der Waals surface area contributed by atoms with E-state index in [-0.39, 0.29) is 11.8 Å². The Bertz CT molecular complexity index is 680. The molecular weight excluding hydrogens is 268 g/mol. The molecule has 0 spiro atoms. The van der Waals surface area contributed by atoms with Crippen molar-refractivity contribution in [2.45, 2.75) is 19.0 Å². The second-order valence-corrected chi connectivity index (χ2v) is 5.12. The Morgan fingerprint density at radius 1 is 1.19 bits per heavy atom. The molecule has 1 fully saturated rings. The van der Waals surface area contributed by atoms with Crippen LogP contribution in [0.4, 0.5) is 5.69 Å². The van der Waals surface area contributed by atoms with Crippen LogP contribution in [0.1, 0.15) is 18.5 Å². The maximum atomic E-state index is 12.5. The zero-order valence-corrected chi connectivity index (χ0v) is 11.9. The molecule has 6 heteroatoms. The molecule has 6 nitrogen and oxygen atoms in total. The van der Waals surface area contributed by atoms with Gasteiger partial charge in [0.15, 0.2) is 0 Å². The Morgan fingerprint density at radius 3 is 2.52 bits per heavy atom. The Hall–Kier alpha value is -2.63. The molecule has 2 amide bonds. The van der Waals surface area contributed by atoms with Gasteiger partial charge in [-0.25, -0.2) is 0 Å². The molecule has 1 N–H and O–H groups in total. The van der Waals surface area contributed by atoms with E-state index in [0.717, 1.165) is 5.56 Å². The molecule has 0 aliphatic carbocycles. The highest BCUT2D eigenvalue weighted by molar-refractivity contribution is 6.08. The van der Waals surface area contributed by atoms with Crippen LogP contribution in [0.2, 0.25) is 0 Å². The summed E-state index contributed by atoms with van der Waals surface area (Å²) in [7, 11) is 1.78. The SMILES string of the molecule is CC1NC(=O)C(c2ccccc2)N(c2cnn(C)c2)C1=O.